The third kappa shape index (κ3) is 3.42. The van der Waals surface area contributed by atoms with E-state index >= 15 is 0 Å². The summed E-state index contributed by atoms with van der Waals surface area (Å²) in [5.41, 5.74) is 5.80. The van der Waals surface area contributed by atoms with E-state index in [9.17, 15) is 4.79 Å². The fraction of sp³-hybridized carbons (Fsp3) is 0.923. The van der Waals surface area contributed by atoms with Crippen LogP contribution in [0, 0.1) is 5.92 Å². The lowest BCUT2D eigenvalue weighted by molar-refractivity contribution is -0.131. The average Bonchev–Trinajstić information content (AvgIpc) is 2.90. The van der Waals surface area contributed by atoms with Crippen LogP contribution in [0.25, 0.3) is 0 Å². The molecule has 2 atom stereocenters. The Bertz CT molecular complexity index is 246. The van der Waals surface area contributed by atoms with Crippen LogP contribution in [-0.2, 0) is 9.53 Å². The highest BCUT2D eigenvalue weighted by Crippen LogP contribution is 2.26. The van der Waals surface area contributed by atoms with Crippen LogP contribution in [0.4, 0.5) is 0 Å². The Hall–Kier alpha value is -0.610. The molecule has 1 aliphatic heterocycles. The Labute approximate surface area is 103 Å². The lowest BCUT2D eigenvalue weighted by atomic mass is 9.84. The van der Waals surface area contributed by atoms with Crippen LogP contribution < -0.4 is 11.1 Å². The van der Waals surface area contributed by atoms with Crippen LogP contribution in [0.3, 0.4) is 0 Å². The van der Waals surface area contributed by atoms with Gasteiger partial charge in [-0.2, -0.15) is 0 Å². The van der Waals surface area contributed by atoms with Crippen molar-refractivity contribution >= 4 is 5.91 Å². The molecule has 1 amide bonds. The van der Waals surface area contributed by atoms with Gasteiger partial charge in [0.1, 0.15) is 6.10 Å². The highest BCUT2D eigenvalue weighted by atomic mass is 16.5. The van der Waals surface area contributed by atoms with Crippen LogP contribution in [0.2, 0.25) is 0 Å². The second-order valence-electron chi connectivity index (χ2n) is 5.25. The van der Waals surface area contributed by atoms with Crippen LogP contribution in [0.1, 0.15) is 44.9 Å². The van der Waals surface area contributed by atoms with Gasteiger partial charge in [0, 0.05) is 19.2 Å². The fourth-order valence-electron chi connectivity index (χ4n) is 2.97. The maximum atomic E-state index is 12.0. The first-order valence-corrected chi connectivity index (χ1v) is 6.93. The monoisotopic (exact) mass is 240 g/mol. The number of hydrogen-bond acceptors (Lipinski definition) is 3. The van der Waals surface area contributed by atoms with Crippen LogP contribution >= 0.6 is 0 Å². The van der Waals surface area contributed by atoms with E-state index in [1.54, 1.807) is 0 Å². The topological polar surface area (TPSA) is 64.3 Å². The van der Waals surface area contributed by atoms with E-state index in [0.29, 0.717) is 12.5 Å². The van der Waals surface area contributed by atoms with Crippen LogP contribution in [-0.4, -0.2) is 31.2 Å². The van der Waals surface area contributed by atoms with Crippen molar-refractivity contribution in [3.8, 4) is 0 Å². The second kappa shape index (κ2) is 6.36. The summed E-state index contributed by atoms with van der Waals surface area (Å²) >= 11 is 0. The van der Waals surface area contributed by atoms with Crippen molar-refractivity contribution in [2.45, 2.75) is 57.1 Å². The van der Waals surface area contributed by atoms with E-state index in [2.05, 4.69) is 5.32 Å². The molecule has 0 aromatic heterocycles. The van der Waals surface area contributed by atoms with Crippen molar-refractivity contribution in [3.63, 3.8) is 0 Å². The standard InChI is InChI=1S/C13H24N2O2/c14-9-11(10-5-2-1-3-6-10)15-13(16)12-7-4-8-17-12/h10-12H,1-9,14H2,(H,15,16)/t11?,12-/m0/s1. The molecule has 1 unspecified atom stereocenters. The summed E-state index contributed by atoms with van der Waals surface area (Å²) in [7, 11) is 0. The van der Waals surface area contributed by atoms with Gasteiger partial charge in [-0.25, -0.2) is 0 Å². The van der Waals surface area contributed by atoms with Gasteiger partial charge in [-0.1, -0.05) is 19.3 Å². The van der Waals surface area contributed by atoms with Crippen molar-refractivity contribution in [3.05, 3.63) is 0 Å². The van der Waals surface area contributed by atoms with Gasteiger partial charge in [-0.3, -0.25) is 4.79 Å². The summed E-state index contributed by atoms with van der Waals surface area (Å²) in [6.07, 6.45) is 7.90. The molecule has 2 aliphatic rings. The minimum atomic E-state index is -0.229. The zero-order valence-electron chi connectivity index (χ0n) is 10.5. The van der Waals surface area contributed by atoms with E-state index in [-0.39, 0.29) is 18.1 Å². The van der Waals surface area contributed by atoms with Crippen molar-refractivity contribution in [2.24, 2.45) is 11.7 Å². The molecule has 0 radical (unpaired) electrons. The van der Waals surface area contributed by atoms with Gasteiger partial charge in [0.15, 0.2) is 0 Å². The molecular weight excluding hydrogens is 216 g/mol. The second-order valence-corrected chi connectivity index (χ2v) is 5.25. The number of nitrogens with two attached hydrogens (primary N) is 1. The molecule has 0 aromatic rings. The summed E-state index contributed by atoms with van der Waals surface area (Å²) < 4.78 is 5.39. The predicted octanol–water partition coefficient (Wildman–Crippen LogP) is 1.19. The molecule has 1 heterocycles. The molecule has 1 saturated heterocycles. The summed E-state index contributed by atoms with van der Waals surface area (Å²) in [4.78, 5) is 12.0. The summed E-state index contributed by atoms with van der Waals surface area (Å²) in [6.45, 7) is 1.26. The van der Waals surface area contributed by atoms with Crippen molar-refractivity contribution < 1.29 is 9.53 Å². The van der Waals surface area contributed by atoms with Gasteiger partial charge >= 0.3 is 0 Å². The molecule has 0 bridgehead atoms. The Balaban J connectivity index is 1.82. The van der Waals surface area contributed by atoms with Crippen molar-refractivity contribution in [1.29, 1.82) is 0 Å². The summed E-state index contributed by atoms with van der Waals surface area (Å²) in [6, 6.07) is 0.145. The third-order valence-corrected chi connectivity index (χ3v) is 4.02. The molecule has 0 aromatic carbocycles. The number of carbonyl (C=O) groups excluding carboxylic acids is 1. The van der Waals surface area contributed by atoms with Gasteiger partial charge in [0.2, 0.25) is 5.91 Å². The quantitative estimate of drug-likeness (QED) is 0.776. The maximum Gasteiger partial charge on any atom is 0.249 e. The molecule has 98 valence electrons. The van der Waals surface area contributed by atoms with Crippen LogP contribution in [0.15, 0.2) is 0 Å². The van der Waals surface area contributed by atoms with Crippen molar-refractivity contribution in [1.82, 2.24) is 5.32 Å². The molecule has 4 heteroatoms. The summed E-state index contributed by atoms with van der Waals surface area (Å²) in [5, 5.41) is 3.09. The zero-order valence-corrected chi connectivity index (χ0v) is 10.5. The Morgan fingerprint density at radius 2 is 2.00 bits per heavy atom. The van der Waals surface area contributed by atoms with E-state index < -0.39 is 0 Å². The van der Waals surface area contributed by atoms with Gasteiger partial charge in [-0.15, -0.1) is 0 Å². The van der Waals surface area contributed by atoms with Gasteiger partial charge < -0.3 is 15.8 Å². The highest BCUT2D eigenvalue weighted by Gasteiger charge is 2.29. The lowest BCUT2D eigenvalue weighted by Gasteiger charge is -2.30. The minimum absolute atomic E-state index is 0.0449. The molecule has 2 fully saturated rings. The Kier molecular flexibility index (Phi) is 4.80. The predicted molar refractivity (Wildman–Crippen MR) is 66.5 cm³/mol. The van der Waals surface area contributed by atoms with Gasteiger partial charge in [0.05, 0.1) is 0 Å². The number of carbonyl (C=O) groups is 1. The summed E-state index contributed by atoms with van der Waals surface area (Å²) in [5.74, 6) is 0.614. The Morgan fingerprint density at radius 1 is 1.24 bits per heavy atom. The highest BCUT2D eigenvalue weighted by molar-refractivity contribution is 5.81. The first-order chi connectivity index (χ1) is 8.31. The van der Waals surface area contributed by atoms with Crippen molar-refractivity contribution in [2.75, 3.05) is 13.2 Å². The number of amides is 1. The first-order valence-electron chi connectivity index (χ1n) is 6.93. The first kappa shape index (κ1) is 12.8. The third-order valence-electron chi connectivity index (χ3n) is 4.02. The minimum Gasteiger partial charge on any atom is -0.368 e. The molecule has 0 spiro atoms. The van der Waals surface area contributed by atoms with Gasteiger partial charge in [-0.05, 0) is 31.6 Å². The smallest absolute Gasteiger partial charge is 0.249 e. The molecular formula is C13H24N2O2. The Morgan fingerprint density at radius 3 is 2.59 bits per heavy atom. The molecule has 1 aliphatic carbocycles. The number of rotatable bonds is 4. The number of hydrogen-bond donors (Lipinski definition) is 2. The van der Waals surface area contributed by atoms with E-state index in [0.717, 1.165) is 19.4 Å². The fourth-order valence-corrected chi connectivity index (χ4v) is 2.97. The normalized spacial score (nSPS) is 27.9. The van der Waals surface area contributed by atoms with E-state index in [1.807, 2.05) is 0 Å². The number of ether oxygens (including phenoxy) is 1. The zero-order chi connectivity index (χ0) is 12.1. The maximum absolute atomic E-state index is 12.0. The lowest BCUT2D eigenvalue weighted by Crippen LogP contribution is -2.49. The number of nitrogens with one attached hydrogen (secondary N) is 1. The van der Waals surface area contributed by atoms with E-state index in [1.165, 1.54) is 32.1 Å². The van der Waals surface area contributed by atoms with Gasteiger partial charge in [0.25, 0.3) is 0 Å². The average molecular weight is 240 g/mol. The largest absolute Gasteiger partial charge is 0.368 e. The molecule has 3 N–H and O–H groups in total. The molecule has 4 nitrogen and oxygen atoms in total. The van der Waals surface area contributed by atoms with E-state index in [4.69, 9.17) is 10.5 Å². The molecule has 17 heavy (non-hydrogen) atoms. The molecule has 1 saturated carbocycles. The SMILES string of the molecule is NCC(NC(=O)[C@@H]1CCCO1)C1CCCCC1. The van der Waals surface area contributed by atoms with Crippen LogP contribution in [0.5, 0.6) is 0 Å². The molecule has 2 rings (SSSR count).